The number of benzene rings is 1. The summed E-state index contributed by atoms with van der Waals surface area (Å²) in [6.45, 7) is 3.89. The van der Waals surface area contributed by atoms with Crippen molar-refractivity contribution in [2.45, 2.75) is 19.9 Å². The summed E-state index contributed by atoms with van der Waals surface area (Å²) < 4.78 is 1.66. The molecule has 1 aromatic rings. The number of piperazine rings is 1. The fourth-order valence-electron chi connectivity index (χ4n) is 2.02. The summed E-state index contributed by atoms with van der Waals surface area (Å²) >= 11 is 6.81. The fourth-order valence-corrected chi connectivity index (χ4v) is 2.83. The van der Waals surface area contributed by atoms with E-state index in [-0.39, 0.29) is 24.3 Å². The molecular weight excluding hydrogens is 376 g/mol. The Hall–Kier alpha value is -0.880. The summed E-state index contributed by atoms with van der Waals surface area (Å²) in [7, 11) is 0. The van der Waals surface area contributed by atoms with Gasteiger partial charge in [0.25, 0.3) is 0 Å². The number of carbonyl (C=O) groups excluding carboxylic acids is 2. The lowest BCUT2D eigenvalue weighted by atomic mass is 10.0. The summed E-state index contributed by atoms with van der Waals surface area (Å²) in [5.74, 6) is -0.149. The molecule has 1 fully saturated rings. The number of nitrogens with zero attached hydrogens (tertiary/aromatic N) is 1. The zero-order valence-corrected chi connectivity index (χ0v) is 13.8. The quantitative estimate of drug-likeness (QED) is 0.845. The standard InChI is InChI=1S/C13H14Br2N2O2/c1-7(2)12-13(19)17(6-11(18)16-12)10-5-8(14)3-4-9(10)15/h3-5,7,12H,6H2,1-2H3,(H,16,18). The van der Waals surface area contributed by atoms with Crippen LogP contribution in [0, 0.1) is 5.92 Å². The van der Waals surface area contributed by atoms with E-state index >= 15 is 0 Å². The van der Waals surface area contributed by atoms with Crippen LogP contribution in [0.3, 0.4) is 0 Å². The monoisotopic (exact) mass is 388 g/mol. The second kappa shape index (κ2) is 5.63. The normalized spacial score (nSPS) is 19.8. The molecule has 102 valence electrons. The van der Waals surface area contributed by atoms with Crippen molar-refractivity contribution in [1.29, 1.82) is 0 Å². The Morgan fingerprint density at radius 1 is 1.32 bits per heavy atom. The van der Waals surface area contributed by atoms with Gasteiger partial charge < -0.3 is 10.2 Å². The van der Waals surface area contributed by atoms with Crippen molar-refractivity contribution >= 4 is 49.4 Å². The van der Waals surface area contributed by atoms with E-state index in [0.29, 0.717) is 5.69 Å². The minimum atomic E-state index is -0.466. The van der Waals surface area contributed by atoms with Gasteiger partial charge in [-0.15, -0.1) is 0 Å². The SMILES string of the molecule is CC(C)C1NC(=O)CN(c2cc(Br)ccc2Br)C1=O. The van der Waals surface area contributed by atoms with E-state index in [1.807, 2.05) is 32.0 Å². The van der Waals surface area contributed by atoms with Gasteiger partial charge in [0.2, 0.25) is 11.8 Å². The number of nitrogens with one attached hydrogen (secondary N) is 1. The first kappa shape index (κ1) is 14.5. The highest BCUT2D eigenvalue weighted by molar-refractivity contribution is 9.11. The predicted molar refractivity (Wildman–Crippen MR) is 81.0 cm³/mol. The number of hydrogen-bond acceptors (Lipinski definition) is 2. The van der Waals surface area contributed by atoms with Crippen LogP contribution in [0.25, 0.3) is 0 Å². The fraction of sp³-hybridized carbons (Fsp3) is 0.385. The van der Waals surface area contributed by atoms with Crippen molar-refractivity contribution in [3.05, 3.63) is 27.1 Å². The van der Waals surface area contributed by atoms with E-state index in [9.17, 15) is 9.59 Å². The second-order valence-corrected chi connectivity index (χ2v) is 6.58. The van der Waals surface area contributed by atoms with Gasteiger partial charge in [-0.05, 0) is 40.0 Å². The van der Waals surface area contributed by atoms with Gasteiger partial charge in [-0.3, -0.25) is 9.59 Å². The lowest BCUT2D eigenvalue weighted by Gasteiger charge is -2.34. The van der Waals surface area contributed by atoms with Crippen LogP contribution in [-0.4, -0.2) is 24.4 Å². The van der Waals surface area contributed by atoms with Crippen molar-refractivity contribution < 1.29 is 9.59 Å². The number of halogens is 2. The molecule has 1 saturated heterocycles. The van der Waals surface area contributed by atoms with Gasteiger partial charge in [0.1, 0.15) is 12.6 Å². The molecule has 1 aromatic carbocycles. The second-order valence-electron chi connectivity index (χ2n) is 4.81. The molecule has 4 nitrogen and oxygen atoms in total. The molecule has 1 aliphatic rings. The Bertz CT molecular complexity index is 531. The number of hydrogen-bond donors (Lipinski definition) is 1. The first-order chi connectivity index (χ1) is 8.90. The molecule has 0 bridgehead atoms. The van der Waals surface area contributed by atoms with Crippen LogP contribution in [0.5, 0.6) is 0 Å². The molecule has 2 rings (SSSR count). The summed E-state index contributed by atoms with van der Waals surface area (Å²) in [4.78, 5) is 25.7. The van der Waals surface area contributed by atoms with E-state index < -0.39 is 6.04 Å². The van der Waals surface area contributed by atoms with Crippen molar-refractivity contribution in [3.8, 4) is 0 Å². The smallest absolute Gasteiger partial charge is 0.250 e. The largest absolute Gasteiger partial charge is 0.342 e. The van der Waals surface area contributed by atoms with E-state index in [4.69, 9.17) is 0 Å². The summed E-state index contributed by atoms with van der Waals surface area (Å²) in [6.07, 6.45) is 0. The van der Waals surface area contributed by atoms with Gasteiger partial charge in [0, 0.05) is 8.95 Å². The highest BCUT2D eigenvalue weighted by atomic mass is 79.9. The zero-order valence-electron chi connectivity index (χ0n) is 10.6. The number of anilines is 1. The van der Waals surface area contributed by atoms with Gasteiger partial charge >= 0.3 is 0 Å². The van der Waals surface area contributed by atoms with E-state index in [2.05, 4.69) is 37.2 Å². The van der Waals surface area contributed by atoms with Crippen LogP contribution >= 0.6 is 31.9 Å². The Morgan fingerprint density at radius 3 is 2.63 bits per heavy atom. The molecule has 1 N–H and O–H groups in total. The average Bonchev–Trinajstić information content (AvgIpc) is 2.34. The first-order valence-corrected chi connectivity index (χ1v) is 7.54. The molecule has 0 saturated carbocycles. The molecule has 0 spiro atoms. The van der Waals surface area contributed by atoms with Crippen molar-refractivity contribution in [3.63, 3.8) is 0 Å². The molecule has 1 unspecified atom stereocenters. The molecule has 0 aromatic heterocycles. The lowest BCUT2D eigenvalue weighted by Crippen LogP contribution is -2.60. The molecule has 19 heavy (non-hydrogen) atoms. The molecule has 2 amide bonds. The topological polar surface area (TPSA) is 49.4 Å². The maximum absolute atomic E-state index is 12.5. The van der Waals surface area contributed by atoms with Crippen molar-refractivity contribution in [2.24, 2.45) is 5.92 Å². The minimum absolute atomic E-state index is 0.0527. The molecule has 6 heteroatoms. The third kappa shape index (κ3) is 3.00. The van der Waals surface area contributed by atoms with Gasteiger partial charge in [-0.2, -0.15) is 0 Å². The van der Waals surface area contributed by atoms with Gasteiger partial charge in [-0.25, -0.2) is 0 Å². The predicted octanol–water partition coefficient (Wildman–Crippen LogP) is 2.70. The van der Waals surface area contributed by atoms with Crippen molar-refractivity contribution in [2.75, 3.05) is 11.4 Å². The van der Waals surface area contributed by atoms with Crippen LogP contribution < -0.4 is 10.2 Å². The Balaban J connectivity index is 2.40. The van der Waals surface area contributed by atoms with Crippen molar-refractivity contribution in [1.82, 2.24) is 5.32 Å². The molecule has 1 heterocycles. The van der Waals surface area contributed by atoms with Crippen LogP contribution in [0.4, 0.5) is 5.69 Å². The van der Waals surface area contributed by atoms with Gasteiger partial charge in [-0.1, -0.05) is 29.8 Å². The Labute approximate surface area is 128 Å². The summed E-state index contributed by atoms with van der Waals surface area (Å²) in [6, 6.07) is 5.09. The first-order valence-electron chi connectivity index (χ1n) is 5.96. The van der Waals surface area contributed by atoms with Crippen LogP contribution in [-0.2, 0) is 9.59 Å². The summed E-state index contributed by atoms with van der Waals surface area (Å²) in [5, 5.41) is 2.74. The van der Waals surface area contributed by atoms with Crippen LogP contribution in [0.1, 0.15) is 13.8 Å². The number of amides is 2. The summed E-state index contributed by atoms with van der Waals surface area (Å²) in [5.41, 5.74) is 0.708. The van der Waals surface area contributed by atoms with Crippen LogP contribution in [0.2, 0.25) is 0 Å². The van der Waals surface area contributed by atoms with Gasteiger partial charge in [0.15, 0.2) is 0 Å². The minimum Gasteiger partial charge on any atom is -0.342 e. The lowest BCUT2D eigenvalue weighted by molar-refractivity contribution is -0.132. The highest BCUT2D eigenvalue weighted by Crippen LogP contribution is 2.31. The maximum Gasteiger partial charge on any atom is 0.250 e. The van der Waals surface area contributed by atoms with Gasteiger partial charge in [0.05, 0.1) is 5.69 Å². The van der Waals surface area contributed by atoms with E-state index in [0.717, 1.165) is 8.95 Å². The molecule has 0 radical (unpaired) electrons. The third-order valence-electron chi connectivity index (χ3n) is 3.02. The highest BCUT2D eigenvalue weighted by Gasteiger charge is 2.35. The van der Waals surface area contributed by atoms with E-state index in [1.165, 1.54) is 4.90 Å². The van der Waals surface area contributed by atoms with Crippen LogP contribution in [0.15, 0.2) is 27.1 Å². The van der Waals surface area contributed by atoms with E-state index in [1.54, 1.807) is 0 Å². The Morgan fingerprint density at radius 2 is 2.00 bits per heavy atom. The zero-order chi connectivity index (χ0) is 14.2. The molecule has 1 aliphatic heterocycles. The number of carbonyl (C=O) groups is 2. The molecular formula is C13H14Br2N2O2. The third-order valence-corrected chi connectivity index (χ3v) is 4.18. The molecule has 0 aliphatic carbocycles. The number of rotatable bonds is 2. The maximum atomic E-state index is 12.5. The molecule has 1 atom stereocenters. The average molecular weight is 390 g/mol. The Kier molecular flexibility index (Phi) is 4.30.